The van der Waals surface area contributed by atoms with Gasteiger partial charge in [0.15, 0.2) is 0 Å². The van der Waals surface area contributed by atoms with Crippen LogP contribution < -0.4 is 9.64 Å². The van der Waals surface area contributed by atoms with E-state index in [0.29, 0.717) is 44.3 Å². The third-order valence-electron chi connectivity index (χ3n) is 9.16. The number of anilines is 1. The number of likely N-dealkylation sites (tertiary alicyclic amines) is 1. The van der Waals surface area contributed by atoms with Gasteiger partial charge in [0.25, 0.3) is 0 Å². The summed E-state index contributed by atoms with van der Waals surface area (Å²) in [7, 11) is 2.15. The Kier molecular flexibility index (Phi) is 7.72. The summed E-state index contributed by atoms with van der Waals surface area (Å²) in [4.78, 5) is 35.1. The van der Waals surface area contributed by atoms with Gasteiger partial charge >= 0.3 is 6.01 Å². The van der Waals surface area contributed by atoms with Crippen LogP contribution in [0.4, 0.5) is 5.82 Å². The van der Waals surface area contributed by atoms with Crippen molar-refractivity contribution in [3.8, 4) is 6.01 Å². The van der Waals surface area contributed by atoms with Gasteiger partial charge in [-0.15, -0.1) is 0 Å². The molecule has 9 nitrogen and oxygen atoms in total. The van der Waals surface area contributed by atoms with Gasteiger partial charge in [0, 0.05) is 50.4 Å². The third-order valence-corrected chi connectivity index (χ3v) is 9.16. The largest absolute Gasteiger partial charge is 0.462 e. The van der Waals surface area contributed by atoms with Crippen molar-refractivity contribution < 1.29 is 9.53 Å². The number of ether oxygens (including phenoxy) is 1. The zero-order valence-electron chi connectivity index (χ0n) is 23.5. The van der Waals surface area contributed by atoms with E-state index in [0.717, 1.165) is 56.0 Å². The number of carbonyl (C=O) groups is 1. The number of likely N-dealkylation sites (N-methyl/N-ethyl adjacent to an activating group) is 1. The number of aryl methyl sites for hydroxylation is 1. The molecular weight excluding hydrogens is 502 g/mol. The van der Waals surface area contributed by atoms with E-state index in [1.807, 2.05) is 0 Å². The number of benzene rings is 1. The van der Waals surface area contributed by atoms with E-state index in [2.05, 4.69) is 57.4 Å². The fourth-order valence-corrected chi connectivity index (χ4v) is 6.97. The molecule has 3 atom stereocenters. The Hall–Kier alpha value is -3.48. The molecular formula is C31H39N7O2. The second-order valence-corrected chi connectivity index (χ2v) is 11.5. The van der Waals surface area contributed by atoms with Gasteiger partial charge in [-0.1, -0.05) is 30.8 Å². The standard InChI is InChI=1S/C31H39N7O2/c1-4-29(39)38-16-15-36(18-24(38)17-32-2)30-26-19-37(28-13-7-10-22-9-5-6-12-25(22)28)20-27(26)33-31(34-30)40-21-23-11-8-14-35(23)3/h4-6,9,12,23-24,28H,1,7-8,10-11,13-21H2,3H3/t23-,24-,28?/m0/s1. The maximum absolute atomic E-state index is 12.5. The molecule has 4 aliphatic rings. The Bertz CT molecular complexity index is 1310. The van der Waals surface area contributed by atoms with Gasteiger partial charge < -0.3 is 24.3 Å². The zero-order valence-corrected chi connectivity index (χ0v) is 23.5. The number of nitrogens with zero attached hydrogens (tertiary/aromatic N) is 7. The quantitative estimate of drug-likeness (QED) is 0.393. The Balaban J connectivity index is 1.30. The second-order valence-electron chi connectivity index (χ2n) is 11.5. The van der Waals surface area contributed by atoms with Crippen LogP contribution in [0.5, 0.6) is 6.01 Å². The number of amides is 1. The Morgan fingerprint density at radius 2 is 2.02 bits per heavy atom. The maximum Gasteiger partial charge on any atom is 0.318 e. The first-order chi connectivity index (χ1) is 19.6. The Morgan fingerprint density at radius 3 is 2.83 bits per heavy atom. The van der Waals surface area contributed by atoms with E-state index < -0.39 is 0 Å². The van der Waals surface area contributed by atoms with Crippen LogP contribution in [-0.4, -0.2) is 89.0 Å². The van der Waals surface area contributed by atoms with Crippen LogP contribution in [-0.2, 0) is 24.3 Å². The van der Waals surface area contributed by atoms with Crippen molar-refractivity contribution in [1.29, 1.82) is 0 Å². The minimum absolute atomic E-state index is 0.118. The molecule has 0 N–H and O–H groups in total. The van der Waals surface area contributed by atoms with Crippen LogP contribution >= 0.6 is 0 Å². The van der Waals surface area contributed by atoms with Crippen LogP contribution in [0.1, 0.15) is 54.1 Å². The molecule has 2 aromatic rings. The molecule has 4 heterocycles. The lowest BCUT2D eigenvalue weighted by Crippen LogP contribution is -2.56. The predicted octanol–water partition coefficient (Wildman–Crippen LogP) is 3.47. The van der Waals surface area contributed by atoms with Crippen LogP contribution in [0.2, 0.25) is 0 Å². The molecule has 40 heavy (non-hydrogen) atoms. The molecule has 0 saturated carbocycles. The summed E-state index contributed by atoms with van der Waals surface area (Å²) < 4.78 is 6.27. The SMILES string of the molecule is [C-]#[N+]C[C@H]1CN(c2nc(OC[C@@H]3CCCN3C)nc3c2CN(C2CCCc4ccccc42)C3)CCN1C(=O)C=C. The fourth-order valence-electron chi connectivity index (χ4n) is 6.97. The normalized spacial score (nSPS) is 24.9. The number of hydrogen-bond donors (Lipinski definition) is 0. The van der Waals surface area contributed by atoms with Gasteiger partial charge in [-0.05, 0) is 62.9 Å². The number of hydrogen-bond acceptors (Lipinski definition) is 7. The van der Waals surface area contributed by atoms with Crippen molar-refractivity contribution in [3.63, 3.8) is 0 Å². The monoisotopic (exact) mass is 541 g/mol. The lowest BCUT2D eigenvalue weighted by molar-refractivity contribution is -0.128. The van der Waals surface area contributed by atoms with Crippen molar-refractivity contribution >= 4 is 11.7 Å². The topological polar surface area (TPSA) is 69.4 Å². The van der Waals surface area contributed by atoms with E-state index >= 15 is 0 Å². The molecule has 0 spiro atoms. The highest BCUT2D eigenvalue weighted by Gasteiger charge is 2.37. The molecule has 1 aromatic heterocycles. The van der Waals surface area contributed by atoms with Gasteiger partial charge in [-0.25, -0.2) is 6.57 Å². The molecule has 210 valence electrons. The van der Waals surface area contributed by atoms with Crippen molar-refractivity contribution in [1.82, 2.24) is 24.7 Å². The molecule has 1 aromatic carbocycles. The van der Waals surface area contributed by atoms with Gasteiger partial charge in [-0.3, -0.25) is 9.69 Å². The summed E-state index contributed by atoms with van der Waals surface area (Å²) in [5.41, 5.74) is 5.08. The first kappa shape index (κ1) is 26.7. The van der Waals surface area contributed by atoms with Crippen molar-refractivity contribution in [2.24, 2.45) is 0 Å². The highest BCUT2D eigenvalue weighted by molar-refractivity contribution is 5.87. The zero-order chi connectivity index (χ0) is 27.6. The highest BCUT2D eigenvalue weighted by Crippen LogP contribution is 2.41. The molecule has 1 amide bonds. The minimum atomic E-state index is -0.207. The number of piperazine rings is 1. The van der Waals surface area contributed by atoms with Gasteiger partial charge in [-0.2, -0.15) is 9.97 Å². The molecule has 0 radical (unpaired) electrons. The molecule has 0 bridgehead atoms. The molecule has 1 unspecified atom stereocenters. The van der Waals surface area contributed by atoms with E-state index in [9.17, 15) is 4.79 Å². The second kappa shape index (κ2) is 11.6. The van der Waals surface area contributed by atoms with E-state index in [-0.39, 0.29) is 18.5 Å². The van der Waals surface area contributed by atoms with Crippen molar-refractivity contribution in [2.45, 2.75) is 63.3 Å². The Morgan fingerprint density at radius 1 is 1.15 bits per heavy atom. The Labute approximate surface area is 237 Å². The molecule has 3 aliphatic heterocycles. The molecule has 1 aliphatic carbocycles. The summed E-state index contributed by atoms with van der Waals surface area (Å²) in [6.45, 7) is 16.4. The number of rotatable bonds is 7. The van der Waals surface area contributed by atoms with Gasteiger partial charge in [0.2, 0.25) is 12.5 Å². The van der Waals surface area contributed by atoms with Crippen molar-refractivity contribution in [2.75, 3.05) is 51.3 Å². The van der Waals surface area contributed by atoms with Crippen molar-refractivity contribution in [3.05, 3.63) is 70.7 Å². The van der Waals surface area contributed by atoms with Crippen LogP contribution in [0.3, 0.4) is 0 Å². The van der Waals surface area contributed by atoms with Crippen LogP contribution in [0.25, 0.3) is 4.85 Å². The van der Waals surface area contributed by atoms with E-state index in [4.69, 9.17) is 21.3 Å². The number of aromatic nitrogens is 2. The van der Waals surface area contributed by atoms with Gasteiger partial charge in [0.1, 0.15) is 18.5 Å². The first-order valence-corrected chi connectivity index (χ1v) is 14.6. The minimum Gasteiger partial charge on any atom is -0.462 e. The average molecular weight is 542 g/mol. The maximum atomic E-state index is 12.5. The first-order valence-electron chi connectivity index (χ1n) is 14.6. The fraction of sp³-hybridized carbons (Fsp3) is 0.548. The van der Waals surface area contributed by atoms with Crippen LogP contribution in [0.15, 0.2) is 36.9 Å². The summed E-state index contributed by atoms with van der Waals surface area (Å²) in [6.07, 6.45) is 7.13. The van der Waals surface area contributed by atoms with Crippen LogP contribution in [0, 0.1) is 6.57 Å². The summed E-state index contributed by atoms with van der Waals surface area (Å²) >= 11 is 0. The molecule has 2 saturated heterocycles. The van der Waals surface area contributed by atoms with E-state index in [1.165, 1.54) is 30.0 Å². The van der Waals surface area contributed by atoms with E-state index in [1.54, 1.807) is 4.90 Å². The number of fused-ring (bicyclic) bond motifs is 2. The lowest BCUT2D eigenvalue weighted by Gasteiger charge is -2.40. The molecule has 2 fully saturated rings. The third kappa shape index (κ3) is 5.18. The summed E-state index contributed by atoms with van der Waals surface area (Å²) in [6, 6.07) is 9.82. The average Bonchev–Trinajstić information content (AvgIpc) is 3.60. The summed E-state index contributed by atoms with van der Waals surface area (Å²) in [5, 5.41) is 0. The smallest absolute Gasteiger partial charge is 0.318 e. The number of carbonyl (C=O) groups excluding carboxylic acids is 1. The highest BCUT2D eigenvalue weighted by atomic mass is 16.5. The molecule has 9 heteroatoms. The molecule has 6 rings (SSSR count). The predicted molar refractivity (Wildman–Crippen MR) is 154 cm³/mol. The lowest BCUT2D eigenvalue weighted by atomic mass is 9.87. The van der Waals surface area contributed by atoms with Gasteiger partial charge in [0.05, 0.1) is 5.69 Å². The summed E-state index contributed by atoms with van der Waals surface area (Å²) in [5.74, 6) is 0.778.